The average Bonchev–Trinajstić information content (AvgIpc) is 1.44. The summed E-state index contributed by atoms with van der Waals surface area (Å²) in [6.45, 7) is 15.5. The highest BCUT2D eigenvalue weighted by Crippen LogP contribution is 2.41. The summed E-state index contributed by atoms with van der Waals surface area (Å²) in [6.07, 6.45) is 5.53. The Hall–Kier alpha value is -16.2. The van der Waals surface area contributed by atoms with E-state index >= 15 is 0 Å². The molecule has 1 amide bonds. The third kappa shape index (κ3) is 24.6. The van der Waals surface area contributed by atoms with Crippen molar-refractivity contribution in [2.75, 3.05) is 38.0 Å². The van der Waals surface area contributed by atoms with Gasteiger partial charge in [0.2, 0.25) is 23.1 Å². The fraction of sp³-hybridized carbons (Fsp3) is 0.155. The van der Waals surface area contributed by atoms with E-state index in [0.29, 0.717) is 111 Å². The van der Waals surface area contributed by atoms with Crippen LogP contribution in [0, 0.1) is 30.6 Å². The van der Waals surface area contributed by atoms with E-state index in [0.717, 1.165) is 61.3 Å². The van der Waals surface area contributed by atoms with Crippen molar-refractivity contribution in [1.82, 2.24) is 39.6 Å². The van der Waals surface area contributed by atoms with Crippen molar-refractivity contribution >= 4 is 138 Å². The molecule has 139 heavy (non-hydrogen) atoms. The molecule has 2 unspecified atom stereocenters. The zero-order valence-corrected chi connectivity index (χ0v) is 80.1. The number of halogens is 3. The second kappa shape index (κ2) is 46.9. The first kappa shape index (κ1) is 98.8. The number of nitrogens with zero attached hydrogens (tertiary/aromatic N) is 6. The van der Waals surface area contributed by atoms with Gasteiger partial charge in [-0.2, -0.15) is 9.50 Å². The molecule has 0 bridgehead atoms. The van der Waals surface area contributed by atoms with Crippen molar-refractivity contribution in [2.45, 2.75) is 74.5 Å². The van der Waals surface area contributed by atoms with Crippen LogP contribution in [0.25, 0.3) is 84.1 Å². The van der Waals surface area contributed by atoms with Gasteiger partial charge in [-0.3, -0.25) is 24.1 Å². The average molecular weight is 1940 g/mol. The Bertz CT molecular complexity index is 7530. The topological polar surface area (TPSA) is 324 Å². The number of anilines is 2. The number of esters is 4. The summed E-state index contributed by atoms with van der Waals surface area (Å²) in [4.78, 5) is 103. The summed E-state index contributed by atoms with van der Waals surface area (Å²) in [5, 5.41) is 17.9. The second-order valence-corrected chi connectivity index (χ2v) is 33.6. The number of carbonyl (C=O) groups is 5. The Labute approximate surface area is 819 Å². The third-order valence-electron chi connectivity index (χ3n) is 21.4. The van der Waals surface area contributed by atoms with Crippen LogP contribution >= 0.6 is 46.1 Å². The lowest BCUT2D eigenvalue weighted by Crippen LogP contribution is -2.33. The van der Waals surface area contributed by atoms with Gasteiger partial charge in [0.1, 0.15) is 34.5 Å². The summed E-state index contributed by atoms with van der Waals surface area (Å²) in [7, 11) is 1.63. The van der Waals surface area contributed by atoms with E-state index in [1.807, 2.05) is 270 Å². The number of amides is 1. The predicted octanol–water partition coefficient (Wildman–Crippen LogP) is 22.2. The SMILES string of the molecule is CCOC(=O)C1=C(C)NC(c2ccccc2)=C(C(=O)OCC)C1/C=C/c1ccccc1.CCOC(=O)C1=C(C)NC(c2ccccc2)=C(C(=O)OCc2ccccc2)C1C#Cc1ccccc1.COc1ccc(-c2csc3nc(=O)cc(N)n23)cc1.Cc1ccc(-c2oc3ccc(Cl)cc3c(=O)c2Cl)c(OC(C)C)c1.O=C(Cc1ccccc1)Nc1nc2ccc(Cl)cc2c2nc(-c3ccco3)nn12. The summed E-state index contributed by atoms with van der Waals surface area (Å²) in [5.74, 6) is 5.96. The van der Waals surface area contributed by atoms with Gasteiger partial charge in [-0.05, 0) is 191 Å². The molecule has 2 aliphatic heterocycles. The lowest BCUT2D eigenvalue weighted by molar-refractivity contribution is -0.142. The molecule has 18 rings (SSSR count). The maximum Gasteiger partial charge on any atom is 0.338 e. The normalized spacial score (nSPS) is 13.2. The zero-order valence-electron chi connectivity index (χ0n) is 77.1. The maximum absolute atomic E-state index is 13.6. The standard InChI is InChI=1S/C31H27NO4.C26H27NO4.C21H14ClN5O2.C19H16Cl2O3.C13H11N3O2S/c1-3-35-30(33)27-22(2)32-29(25-17-11-6-12-18-25)28(26(27)20-19-23-13-7-4-8-14-23)31(34)36-21-24-15-9-5-10-16-24;1-4-30-25(28)22-18(3)27-24(20-14-10-7-11-15-20)23(26(29)31-5-2)21(22)17-16-19-12-8-6-9-13-19;22-14-8-9-16-15(12-14)20-25-19(17-7-4-10-29-17)26-27(20)21(23-16)24-18(28)11-13-5-2-1-3-6-13;1-10(2)23-16-8-11(3)4-6-13(16)19-17(21)18(22)14-9-12(20)5-7-15(14)24-19;1-18-9-4-2-8(3-5-9)10-7-19-13-15-12(17)6-11(14)16(10)13/h4-18,26,32H,3,21H2,1-2H3;6-17,21,27H,4-5H2,1-3H3;1-10,12H,11H2,(H,23,24,28);4-10H,1-3H3;2-7H,14H2,1H3/b;17-16+;;;. The number of nitrogens with one attached hydrogen (secondary N) is 3. The van der Waals surface area contributed by atoms with E-state index in [-0.39, 0.29) is 72.4 Å². The molecule has 6 aromatic heterocycles. The predicted molar refractivity (Wildman–Crippen MR) is 544 cm³/mol. The fourth-order valence-electron chi connectivity index (χ4n) is 15.1. The third-order valence-corrected chi connectivity index (χ3v) is 23.1. The number of nitrogens with two attached hydrogens (primary N) is 1. The molecule has 2 atom stereocenters. The van der Waals surface area contributed by atoms with Crippen LogP contribution in [0.2, 0.25) is 15.1 Å². The Balaban J connectivity index is 0.000000140. The first-order valence-electron chi connectivity index (χ1n) is 44.3. The number of carbonyl (C=O) groups excluding carboxylic acids is 5. The van der Waals surface area contributed by atoms with Crippen molar-refractivity contribution < 1.29 is 61.2 Å². The largest absolute Gasteiger partial charge is 0.497 e. The van der Waals surface area contributed by atoms with Crippen LogP contribution in [0.5, 0.6) is 11.5 Å². The number of aromatic nitrogens is 6. The van der Waals surface area contributed by atoms with E-state index in [4.69, 9.17) is 77.8 Å². The van der Waals surface area contributed by atoms with Crippen LogP contribution in [-0.4, -0.2) is 91.8 Å². The summed E-state index contributed by atoms with van der Waals surface area (Å²) < 4.78 is 47.4. The quantitative estimate of drug-likeness (QED) is 0.0278. The molecule has 0 aliphatic carbocycles. The molecule has 5 N–H and O–H groups in total. The summed E-state index contributed by atoms with van der Waals surface area (Å²) >= 11 is 19.8. The first-order valence-corrected chi connectivity index (χ1v) is 46.3. The number of ether oxygens (including phenoxy) is 6. The molecule has 16 aromatic rings. The summed E-state index contributed by atoms with van der Waals surface area (Å²) in [6, 6.07) is 85.5. The smallest absolute Gasteiger partial charge is 0.338 e. The maximum atomic E-state index is 13.6. The van der Waals surface area contributed by atoms with Gasteiger partial charge in [-0.25, -0.2) is 29.1 Å². The van der Waals surface area contributed by atoms with Crippen LogP contribution in [-0.2, 0) is 55.9 Å². The van der Waals surface area contributed by atoms with Crippen molar-refractivity contribution in [3.63, 3.8) is 0 Å². The minimum absolute atomic E-state index is 0.0159. The highest BCUT2D eigenvalue weighted by Gasteiger charge is 2.40. The number of aryl methyl sites for hydroxylation is 1. The molecule has 8 heterocycles. The molecular weight excluding hydrogens is 1840 g/mol. The molecular formula is C110H95Cl3N10O15S. The van der Waals surface area contributed by atoms with E-state index in [1.54, 1.807) is 94.0 Å². The number of allylic oxidation sites excluding steroid dienone is 3. The number of benzene rings is 10. The van der Waals surface area contributed by atoms with E-state index in [1.165, 1.54) is 21.9 Å². The number of hydrogen-bond acceptors (Lipinski definition) is 23. The number of rotatable bonds is 22. The molecule has 2 aliphatic rings. The molecule has 29 heteroatoms. The number of hydrogen-bond donors (Lipinski definition) is 4. The lowest BCUT2D eigenvalue weighted by Gasteiger charge is -2.30. The Kier molecular flexibility index (Phi) is 33.3. The Morgan fingerprint density at radius 2 is 1.16 bits per heavy atom. The number of fused-ring (bicyclic) bond motifs is 5. The van der Waals surface area contributed by atoms with Gasteiger partial charge < -0.3 is 53.6 Å². The van der Waals surface area contributed by atoms with Gasteiger partial charge in [0, 0.05) is 49.8 Å². The van der Waals surface area contributed by atoms with Crippen LogP contribution < -0.4 is 42.1 Å². The van der Waals surface area contributed by atoms with Gasteiger partial charge in [-0.15, -0.1) is 16.4 Å². The molecule has 702 valence electrons. The molecule has 25 nitrogen and oxygen atoms in total. The number of thiazole rings is 1. The molecule has 0 spiro atoms. The van der Waals surface area contributed by atoms with Gasteiger partial charge in [0.05, 0.1) is 107 Å². The number of nitrogen functional groups attached to an aromatic ring is 1. The zero-order chi connectivity index (χ0) is 98.2. The molecule has 0 saturated carbocycles. The van der Waals surface area contributed by atoms with Crippen LogP contribution in [0.3, 0.4) is 0 Å². The Morgan fingerprint density at radius 1 is 0.590 bits per heavy atom. The van der Waals surface area contributed by atoms with Gasteiger partial charge in [-0.1, -0.05) is 235 Å². The highest BCUT2D eigenvalue weighted by atomic mass is 35.5. The number of dihydropyridines is 2. The molecule has 10 aromatic carbocycles. The first-order chi connectivity index (χ1) is 67.4. The van der Waals surface area contributed by atoms with Crippen LogP contribution in [0.1, 0.15) is 87.4 Å². The van der Waals surface area contributed by atoms with Gasteiger partial charge in [0.15, 0.2) is 22.1 Å². The lowest BCUT2D eigenvalue weighted by atomic mass is 9.83. The fourth-order valence-corrected chi connectivity index (χ4v) is 16.6. The molecule has 0 saturated heterocycles. The minimum atomic E-state index is -0.844. The number of methoxy groups -OCH3 is 1. The Morgan fingerprint density at radius 3 is 1.77 bits per heavy atom. The summed E-state index contributed by atoms with van der Waals surface area (Å²) in [5.41, 5.74) is 19.4. The minimum Gasteiger partial charge on any atom is -0.497 e. The van der Waals surface area contributed by atoms with Crippen molar-refractivity contribution in [1.29, 1.82) is 0 Å². The van der Waals surface area contributed by atoms with Crippen molar-refractivity contribution in [3.8, 4) is 57.5 Å². The van der Waals surface area contributed by atoms with E-state index in [2.05, 4.69) is 47.8 Å². The number of furan rings is 1. The monoisotopic (exact) mass is 1930 g/mol. The van der Waals surface area contributed by atoms with Crippen LogP contribution in [0.15, 0.2) is 349 Å². The van der Waals surface area contributed by atoms with Crippen molar-refractivity contribution in [3.05, 3.63) is 405 Å². The van der Waals surface area contributed by atoms with Gasteiger partial charge in [0.25, 0.3) is 5.56 Å². The van der Waals surface area contributed by atoms with E-state index in [9.17, 15) is 33.6 Å². The molecule has 0 radical (unpaired) electrons. The second-order valence-electron chi connectivity index (χ2n) is 31.5. The van der Waals surface area contributed by atoms with Gasteiger partial charge >= 0.3 is 23.9 Å². The van der Waals surface area contributed by atoms with E-state index < -0.39 is 35.7 Å². The molecule has 0 fully saturated rings. The van der Waals surface area contributed by atoms with Crippen molar-refractivity contribution in [2.24, 2.45) is 11.8 Å². The van der Waals surface area contributed by atoms with Crippen LogP contribution in [0.4, 0.5) is 11.8 Å². The highest BCUT2D eigenvalue weighted by molar-refractivity contribution is 7.15.